The van der Waals surface area contributed by atoms with Gasteiger partial charge in [0.1, 0.15) is 11.6 Å². The molecule has 0 unspecified atom stereocenters. The minimum atomic E-state index is -3.60. The summed E-state index contributed by atoms with van der Waals surface area (Å²) in [7, 11) is -2.09. The van der Waals surface area contributed by atoms with Crippen LogP contribution in [0.4, 0.5) is 4.39 Å². The van der Waals surface area contributed by atoms with Gasteiger partial charge in [0, 0.05) is 20.2 Å². The molecule has 6 nitrogen and oxygen atoms in total. The topological polar surface area (TPSA) is 72.9 Å². The molecule has 0 aliphatic rings. The Morgan fingerprint density at radius 1 is 1.12 bits per heavy atom. The van der Waals surface area contributed by atoms with Crippen LogP contribution in [0, 0.1) is 5.82 Å². The van der Waals surface area contributed by atoms with E-state index in [2.05, 4.69) is 0 Å². The Hall–Kier alpha value is -2.45. The van der Waals surface area contributed by atoms with Gasteiger partial charge in [0.15, 0.2) is 0 Å². The molecular formula is C18H20FNO5S. The van der Waals surface area contributed by atoms with Gasteiger partial charge in [-0.3, -0.25) is 4.79 Å². The molecule has 0 fully saturated rings. The highest BCUT2D eigenvalue weighted by Crippen LogP contribution is 2.17. The van der Waals surface area contributed by atoms with E-state index in [1.807, 2.05) is 0 Å². The third kappa shape index (κ3) is 5.82. The molecule has 0 aliphatic heterocycles. The molecule has 0 spiro atoms. The zero-order valence-electron chi connectivity index (χ0n) is 14.5. The van der Waals surface area contributed by atoms with E-state index < -0.39 is 21.8 Å². The molecule has 1 amide bonds. The van der Waals surface area contributed by atoms with Crippen molar-refractivity contribution >= 4 is 16.0 Å². The van der Waals surface area contributed by atoms with Crippen molar-refractivity contribution < 1.29 is 26.5 Å². The first-order valence-electron chi connectivity index (χ1n) is 7.81. The number of carbonyl (C=O) groups excluding carboxylic acids is 1. The Labute approximate surface area is 152 Å². The lowest BCUT2D eigenvalue weighted by Gasteiger charge is -2.23. The quantitative estimate of drug-likeness (QED) is 0.657. The van der Waals surface area contributed by atoms with E-state index in [1.54, 1.807) is 18.2 Å². The first-order valence-corrected chi connectivity index (χ1v) is 9.63. The van der Waals surface area contributed by atoms with Crippen LogP contribution in [0.25, 0.3) is 0 Å². The summed E-state index contributed by atoms with van der Waals surface area (Å²) in [4.78, 5) is 14.1. The summed E-state index contributed by atoms with van der Waals surface area (Å²) >= 11 is 0. The van der Waals surface area contributed by atoms with Gasteiger partial charge >= 0.3 is 10.1 Å². The SMILES string of the molecule is COCCN(Cc1ccc(OS(C)(=O)=O)cc1)C(=O)c1ccccc1F. The number of ether oxygens (including phenoxy) is 1. The molecule has 0 aromatic heterocycles. The van der Waals surface area contributed by atoms with Crippen molar-refractivity contribution in [3.63, 3.8) is 0 Å². The average Bonchev–Trinajstić information content (AvgIpc) is 2.58. The van der Waals surface area contributed by atoms with Crippen LogP contribution >= 0.6 is 0 Å². The van der Waals surface area contributed by atoms with Gasteiger partial charge in [0.05, 0.1) is 18.4 Å². The zero-order valence-corrected chi connectivity index (χ0v) is 15.3. The van der Waals surface area contributed by atoms with E-state index >= 15 is 0 Å². The van der Waals surface area contributed by atoms with Crippen LogP contribution in [0.5, 0.6) is 5.75 Å². The van der Waals surface area contributed by atoms with Gasteiger partial charge in [-0.2, -0.15) is 8.42 Å². The summed E-state index contributed by atoms with van der Waals surface area (Å²) < 4.78 is 46.0. The fourth-order valence-corrected chi connectivity index (χ4v) is 2.77. The van der Waals surface area contributed by atoms with E-state index in [0.717, 1.165) is 11.8 Å². The third-order valence-electron chi connectivity index (χ3n) is 3.50. The number of amides is 1. The molecule has 26 heavy (non-hydrogen) atoms. The fourth-order valence-electron chi connectivity index (χ4n) is 2.30. The molecule has 0 N–H and O–H groups in total. The van der Waals surface area contributed by atoms with Gasteiger partial charge in [-0.15, -0.1) is 0 Å². The van der Waals surface area contributed by atoms with E-state index in [4.69, 9.17) is 8.92 Å². The molecular weight excluding hydrogens is 361 g/mol. The van der Waals surface area contributed by atoms with Gasteiger partial charge in [-0.25, -0.2) is 4.39 Å². The molecule has 0 saturated heterocycles. The van der Waals surface area contributed by atoms with Gasteiger partial charge in [-0.05, 0) is 29.8 Å². The highest BCUT2D eigenvalue weighted by molar-refractivity contribution is 7.86. The highest BCUT2D eigenvalue weighted by Gasteiger charge is 2.19. The average molecular weight is 381 g/mol. The van der Waals surface area contributed by atoms with Crippen LogP contribution in [-0.4, -0.2) is 45.7 Å². The van der Waals surface area contributed by atoms with Gasteiger partial charge in [0.25, 0.3) is 5.91 Å². The van der Waals surface area contributed by atoms with Crippen molar-refractivity contribution in [1.29, 1.82) is 0 Å². The third-order valence-corrected chi connectivity index (χ3v) is 4.00. The Kier molecular flexibility index (Phi) is 6.70. The zero-order chi connectivity index (χ0) is 19.2. The lowest BCUT2D eigenvalue weighted by Crippen LogP contribution is -2.34. The van der Waals surface area contributed by atoms with E-state index in [-0.39, 0.29) is 24.4 Å². The second-order valence-corrected chi connectivity index (χ2v) is 7.21. The number of halogens is 1. The summed E-state index contributed by atoms with van der Waals surface area (Å²) in [6.07, 6.45) is 0.959. The summed E-state index contributed by atoms with van der Waals surface area (Å²) in [5.41, 5.74) is 0.729. The molecule has 0 atom stereocenters. The standard InChI is InChI=1S/C18H20FNO5S/c1-24-12-11-20(18(21)16-5-3-4-6-17(16)19)13-14-7-9-15(10-8-14)25-26(2,22)23/h3-10H,11-13H2,1-2H3. The molecule has 0 aliphatic carbocycles. The summed E-state index contributed by atoms with van der Waals surface area (Å²) in [6.45, 7) is 0.802. The number of hydrogen-bond acceptors (Lipinski definition) is 5. The predicted octanol–water partition coefficient (Wildman–Crippen LogP) is 2.45. The lowest BCUT2D eigenvalue weighted by molar-refractivity contribution is 0.0676. The van der Waals surface area contributed by atoms with E-state index in [1.165, 1.54) is 42.3 Å². The number of carbonyl (C=O) groups is 1. The number of hydrogen-bond donors (Lipinski definition) is 0. The number of rotatable bonds is 8. The highest BCUT2D eigenvalue weighted by atomic mass is 32.2. The van der Waals surface area contributed by atoms with Crippen LogP contribution in [-0.2, 0) is 21.4 Å². The van der Waals surface area contributed by atoms with Crippen LogP contribution < -0.4 is 4.18 Å². The van der Waals surface area contributed by atoms with E-state index in [9.17, 15) is 17.6 Å². The second kappa shape index (κ2) is 8.77. The van der Waals surface area contributed by atoms with Crippen LogP contribution in [0.15, 0.2) is 48.5 Å². The summed E-state index contributed by atoms with van der Waals surface area (Å²) in [5, 5.41) is 0. The Morgan fingerprint density at radius 3 is 2.35 bits per heavy atom. The van der Waals surface area contributed by atoms with Crippen molar-refractivity contribution in [3.8, 4) is 5.75 Å². The fraction of sp³-hybridized carbons (Fsp3) is 0.278. The molecule has 0 heterocycles. The smallest absolute Gasteiger partial charge is 0.306 e. The Morgan fingerprint density at radius 2 is 1.77 bits per heavy atom. The lowest BCUT2D eigenvalue weighted by atomic mass is 10.1. The first-order chi connectivity index (χ1) is 12.3. The van der Waals surface area contributed by atoms with Crippen LogP contribution in [0.1, 0.15) is 15.9 Å². The molecule has 8 heteroatoms. The monoisotopic (exact) mass is 381 g/mol. The van der Waals surface area contributed by atoms with Crippen LogP contribution in [0.2, 0.25) is 0 Å². The van der Waals surface area contributed by atoms with Gasteiger partial charge in [-0.1, -0.05) is 24.3 Å². The maximum Gasteiger partial charge on any atom is 0.306 e. The van der Waals surface area contributed by atoms with Crippen LogP contribution in [0.3, 0.4) is 0 Å². The van der Waals surface area contributed by atoms with Crippen molar-refractivity contribution in [2.75, 3.05) is 26.5 Å². The van der Waals surface area contributed by atoms with E-state index in [0.29, 0.717) is 6.61 Å². The van der Waals surface area contributed by atoms with Crippen molar-refractivity contribution in [3.05, 3.63) is 65.5 Å². The summed E-state index contributed by atoms with van der Waals surface area (Å²) in [6, 6.07) is 12.1. The number of nitrogens with zero attached hydrogens (tertiary/aromatic N) is 1. The second-order valence-electron chi connectivity index (χ2n) is 5.63. The number of methoxy groups -OCH3 is 1. The molecule has 0 radical (unpaired) electrons. The largest absolute Gasteiger partial charge is 0.383 e. The predicted molar refractivity (Wildman–Crippen MR) is 94.9 cm³/mol. The van der Waals surface area contributed by atoms with Crippen molar-refractivity contribution in [2.45, 2.75) is 6.54 Å². The maximum absolute atomic E-state index is 13.9. The first kappa shape index (κ1) is 19.9. The number of benzene rings is 2. The summed E-state index contributed by atoms with van der Waals surface area (Å²) in [5.74, 6) is -0.853. The Bertz CT molecular complexity index is 852. The molecule has 2 aromatic carbocycles. The van der Waals surface area contributed by atoms with Gasteiger partial charge in [0.2, 0.25) is 0 Å². The molecule has 0 saturated carbocycles. The van der Waals surface area contributed by atoms with Crippen molar-refractivity contribution in [2.24, 2.45) is 0 Å². The minimum Gasteiger partial charge on any atom is -0.383 e. The van der Waals surface area contributed by atoms with Gasteiger partial charge < -0.3 is 13.8 Å². The molecule has 0 bridgehead atoms. The molecule has 140 valence electrons. The maximum atomic E-state index is 13.9. The van der Waals surface area contributed by atoms with Crippen molar-refractivity contribution in [1.82, 2.24) is 4.90 Å². The molecule has 2 aromatic rings. The normalized spacial score (nSPS) is 11.2. The Balaban J connectivity index is 2.17. The minimum absolute atomic E-state index is 0.0133. The molecule has 2 rings (SSSR count).